The van der Waals surface area contributed by atoms with Gasteiger partial charge in [-0.3, -0.25) is 4.79 Å². The Labute approximate surface area is 103 Å². The summed E-state index contributed by atoms with van der Waals surface area (Å²) in [7, 11) is 0. The first-order valence-corrected chi connectivity index (χ1v) is 6.93. The number of carboxylic acid groups (broad SMARTS) is 1. The van der Waals surface area contributed by atoms with E-state index in [4.69, 9.17) is 0 Å². The third-order valence-electron chi connectivity index (χ3n) is 4.83. The van der Waals surface area contributed by atoms with Gasteiger partial charge in [0.05, 0.1) is 5.60 Å². The summed E-state index contributed by atoms with van der Waals surface area (Å²) >= 11 is 3.34. The van der Waals surface area contributed by atoms with Gasteiger partial charge in [-0.05, 0) is 55.8 Å². The number of aliphatic carboxylic acids is 1. The van der Waals surface area contributed by atoms with Crippen molar-refractivity contribution < 1.29 is 15.0 Å². The number of halogens is 1. The van der Waals surface area contributed by atoms with Crippen molar-refractivity contribution in [1.82, 2.24) is 0 Å². The molecule has 4 rings (SSSR count). The van der Waals surface area contributed by atoms with Gasteiger partial charge >= 0.3 is 5.97 Å². The third kappa shape index (κ3) is 1.46. The van der Waals surface area contributed by atoms with E-state index >= 15 is 0 Å². The smallest absolute Gasteiger partial charge is 0.317 e. The summed E-state index contributed by atoms with van der Waals surface area (Å²) in [6.07, 6.45) is 5.62. The Balaban J connectivity index is 1.94. The number of alkyl halides is 1. The summed E-state index contributed by atoms with van der Waals surface area (Å²) < 4.78 is 0. The Bertz CT molecular complexity index is 327. The Kier molecular flexibility index (Phi) is 2.22. The number of rotatable bonds is 2. The Morgan fingerprint density at radius 1 is 1.25 bits per heavy atom. The largest absolute Gasteiger partial charge is 0.480 e. The van der Waals surface area contributed by atoms with Crippen LogP contribution in [0.5, 0.6) is 0 Å². The molecule has 16 heavy (non-hydrogen) atoms. The average molecular weight is 289 g/mol. The van der Waals surface area contributed by atoms with Crippen molar-refractivity contribution in [2.24, 2.45) is 17.3 Å². The van der Waals surface area contributed by atoms with Gasteiger partial charge in [0.1, 0.15) is 4.83 Å². The summed E-state index contributed by atoms with van der Waals surface area (Å²) in [5.74, 6) is 0.321. The van der Waals surface area contributed by atoms with Gasteiger partial charge in [0.2, 0.25) is 0 Å². The highest BCUT2D eigenvalue weighted by atomic mass is 79.9. The molecule has 4 saturated carbocycles. The monoisotopic (exact) mass is 288 g/mol. The molecule has 4 bridgehead atoms. The van der Waals surface area contributed by atoms with Gasteiger partial charge in [-0.25, -0.2) is 0 Å². The maximum absolute atomic E-state index is 11.2. The molecule has 0 aliphatic heterocycles. The van der Waals surface area contributed by atoms with Crippen molar-refractivity contribution in [3.05, 3.63) is 0 Å². The molecule has 4 aliphatic rings. The van der Waals surface area contributed by atoms with E-state index in [9.17, 15) is 15.0 Å². The van der Waals surface area contributed by atoms with Crippen molar-refractivity contribution in [2.45, 2.75) is 49.0 Å². The first kappa shape index (κ1) is 11.0. The van der Waals surface area contributed by atoms with Gasteiger partial charge in [0, 0.05) is 0 Å². The van der Waals surface area contributed by atoms with Crippen LogP contribution in [0.15, 0.2) is 0 Å². The fourth-order valence-electron chi connectivity index (χ4n) is 4.84. The Morgan fingerprint density at radius 2 is 1.81 bits per heavy atom. The van der Waals surface area contributed by atoms with Crippen LogP contribution >= 0.6 is 15.9 Å². The van der Waals surface area contributed by atoms with Crippen LogP contribution in [0.1, 0.15) is 38.5 Å². The quantitative estimate of drug-likeness (QED) is 0.766. The number of hydrogen-bond donors (Lipinski definition) is 2. The fourth-order valence-corrected chi connectivity index (χ4v) is 5.38. The average Bonchev–Trinajstić information content (AvgIpc) is 2.12. The predicted molar refractivity (Wildman–Crippen MR) is 62.4 cm³/mol. The number of carbonyl (C=O) groups is 1. The zero-order valence-electron chi connectivity index (χ0n) is 9.16. The maximum atomic E-state index is 11.2. The molecule has 3 nitrogen and oxygen atoms in total. The van der Waals surface area contributed by atoms with Crippen LogP contribution in [0.25, 0.3) is 0 Å². The van der Waals surface area contributed by atoms with Crippen LogP contribution in [0.3, 0.4) is 0 Å². The van der Waals surface area contributed by atoms with Gasteiger partial charge in [-0.15, -0.1) is 0 Å². The maximum Gasteiger partial charge on any atom is 0.317 e. The van der Waals surface area contributed by atoms with Crippen molar-refractivity contribution in [3.8, 4) is 0 Å². The SMILES string of the molecule is O=C(O)C(Br)C12CC3CC(CC(O)(C3)C1)C2. The van der Waals surface area contributed by atoms with Crippen LogP contribution in [-0.4, -0.2) is 26.6 Å². The predicted octanol–water partition coefficient (Wildman–Crippen LogP) is 2.17. The lowest BCUT2D eigenvalue weighted by Crippen LogP contribution is -2.59. The molecule has 3 atom stereocenters. The van der Waals surface area contributed by atoms with Crippen LogP contribution < -0.4 is 0 Å². The fraction of sp³-hybridized carbons (Fsp3) is 0.917. The second-order valence-corrected chi connectivity index (χ2v) is 7.16. The topological polar surface area (TPSA) is 57.5 Å². The highest BCUT2D eigenvalue weighted by molar-refractivity contribution is 9.10. The van der Waals surface area contributed by atoms with Crippen molar-refractivity contribution in [3.63, 3.8) is 0 Å². The van der Waals surface area contributed by atoms with Crippen molar-refractivity contribution >= 4 is 21.9 Å². The van der Waals surface area contributed by atoms with E-state index in [1.54, 1.807) is 0 Å². The zero-order chi connectivity index (χ0) is 11.6. The molecule has 0 radical (unpaired) electrons. The van der Waals surface area contributed by atoms with Crippen LogP contribution in [0, 0.1) is 17.3 Å². The highest BCUT2D eigenvalue weighted by Gasteiger charge is 2.60. The molecule has 4 fully saturated rings. The van der Waals surface area contributed by atoms with E-state index in [0.717, 1.165) is 25.7 Å². The molecular formula is C12H17BrO3. The summed E-state index contributed by atoms with van der Waals surface area (Å²) in [4.78, 5) is 10.7. The van der Waals surface area contributed by atoms with Gasteiger partial charge in [-0.1, -0.05) is 15.9 Å². The lowest BCUT2D eigenvalue weighted by molar-refractivity contribution is -0.171. The molecule has 4 aliphatic carbocycles. The molecule has 0 saturated heterocycles. The molecule has 0 spiro atoms. The lowest BCUT2D eigenvalue weighted by Gasteiger charge is -2.61. The molecule has 0 aromatic rings. The van der Waals surface area contributed by atoms with E-state index in [1.165, 1.54) is 6.42 Å². The van der Waals surface area contributed by atoms with Gasteiger partial charge in [0.15, 0.2) is 0 Å². The molecule has 90 valence electrons. The van der Waals surface area contributed by atoms with Crippen LogP contribution in [-0.2, 0) is 4.79 Å². The molecule has 3 unspecified atom stereocenters. The first-order valence-electron chi connectivity index (χ1n) is 6.02. The molecule has 0 aromatic carbocycles. The summed E-state index contributed by atoms with van der Waals surface area (Å²) in [6.45, 7) is 0. The minimum absolute atomic E-state index is 0.190. The summed E-state index contributed by atoms with van der Waals surface area (Å²) in [5.41, 5.74) is -0.754. The molecule has 4 heteroatoms. The van der Waals surface area contributed by atoms with E-state index in [-0.39, 0.29) is 5.41 Å². The number of carboxylic acids is 1. The minimum Gasteiger partial charge on any atom is -0.480 e. The Hall–Kier alpha value is -0.0900. The van der Waals surface area contributed by atoms with Crippen molar-refractivity contribution in [1.29, 1.82) is 0 Å². The lowest BCUT2D eigenvalue weighted by atomic mass is 9.47. The zero-order valence-corrected chi connectivity index (χ0v) is 10.7. The van der Waals surface area contributed by atoms with Gasteiger partial charge in [0.25, 0.3) is 0 Å². The first-order chi connectivity index (χ1) is 7.42. The van der Waals surface area contributed by atoms with Crippen LogP contribution in [0.2, 0.25) is 0 Å². The minimum atomic E-state index is -0.773. The molecule has 0 heterocycles. The van der Waals surface area contributed by atoms with Crippen LogP contribution in [0.4, 0.5) is 0 Å². The number of hydrogen-bond acceptors (Lipinski definition) is 2. The molecule has 2 N–H and O–H groups in total. The van der Waals surface area contributed by atoms with Gasteiger partial charge < -0.3 is 10.2 Å². The van der Waals surface area contributed by atoms with Gasteiger partial charge in [-0.2, -0.15) is 0 Å². The summed E-state index contributed by atoms with van der Waals surface area (Å²) in [6, 6.07) is 0. The third-order valence-corrected chi connectivity index (χ3v) is 6.19. The van der Waals surface area contributed by atoms with Crippen molar-refractivity contribution in [2.75, 3.05) is 0 Å². The van der Waals surface area contributed by atoms with E-state index in [2.05, 4.69) is 15.9 Å². The molecule has 0 amide bonds. The summed E-state index contributed by atoms with van der Waals surface area (Å²) in [5, 5.41) is 19.7. The van der Waals surface area contributed by atoms with E-state index < -0.39 is 16.4 Å². The van der Waals surface area contributed by atoms with E-state index in [1.807, 2.05) is 0 Å². The number of aliphatic hydroxyl groups is 1. The Morgan fingerprint density at radius 3 is 2.25 bits per heavy atom. The standard InChI is InChI=1S/C12H17BrO3/c13-9(10(14)15)11-2-7-1-8(3-11)5-12(16,4-7)6-11/h7-9,16H,1-6H2,(H,14,15). The second kappa shape index (κ2) is 3.22. The normalized spacial score (nSPS) is 51.6. The highest BCUT2D eigenvalue weighted by Crippen LogP contribution is 2.63. The second-order valence-electron chi connectivity index (χ2n) is 6.25. The molecular weight excluding hydrogens is 272 g/mol. The molecule has 0 aromatic heterocycles. The van der Waals surface area contributed by atoms with E-state index in [0.29, 0.717) is 18.3 Å².